The van der Waals surface area contributed by atoms with E-state index in [1.54, 1.807) is 18.2 Å². The van der Waals surface area contributed by atoms with Gasteiger partial charge < -0.3 is 5.32 Å². The highest BCUT2D eigenvalue weighted by Crippen LogP contribution is 2.18. The molecule has 3 N–H and O–H groups in total. The zero-order valence-corrected chi connectivity index (χ0v) is 10.5. The molecule has 0 bridgehead atoms. The van der Waals surface area contributed by atoms with Gasteiger partial charge in [-0.15, -0.1) is 0 Å². The SMILES string of the molecule is Cc1cccc(C(=O)NNC(=O)C(=O)NC2CC2)c1. The maximum absolute atomic E-state index is 11.7. The van der Waals surface area contributed by atoms with Gasteiger partial charge in [0, 0.05) is 11.6 Å². The Kier molecular flexibility index (Phi) is 3.79. The minimum absolute atomic E-state index is 0.103. The smallest absolute Gasteiger partial charge is 0.327 e. The first kappa shape index (κ1) is 13.1. The zero-order valence-electron chi connectivity index (χ0n) is 10.5. The van der Waals surface area contributed by atoms with E-state index in [4.69, 9.17) is 0 Å². The fourth-order valence-corrected chi connectivity index (χ4v) is 1.51. The highest BCUT2D eigenvalue weighted by atomic mass is 16.2. The Morgan fingerprint density at radius 1 is 1.11 bits per heavy atom. The molecule has 0 spiro atoms. The largest absolute Gasteiger partial charge is 0.345 e. The first-order valence-electron chi connectivity index (χ1n) is 6.04. The van der Waals surface area contributed by atoms with Gasteiger partial charge in [0.1, 0.15) is 0 Å². The Balaban J connectivity index is 1.82. The van der Waals surface area contributed by atoms with Crippen LogP contribution in [0.3, 0.4) is 0 Å². The average molecular weight is 261 g/mol. The van der Waals surface area contributed by atoms with Gasteiger partial charge in [-0.2, -0.15) is 0 Å². The Hall–Kier alpha value is -2.37. The fraction of sp³-hybridized carbons (Fsp3) is 0.308. The lowest BCUT2D eigenvalue weighted by molar-refractivity contribution is -0.139. The second kappa shape index (κ2) is 5.51. The number of rotatable bonds is 2. The topological polar surface area (TPSA) is 87.3 Å². The lowest BCUT2D eigenvalue weighted by Gasteiger charge is -2.07. The van der Waals surface area contributed by atoms with Crippen LogP contribution in [0.1, 0.15) is 28.8 Å². The van der Waals surface area contributed by atoms with Crippen LogP contribution < -0.4 is 16.2 Å². The molecule has 1 aliphatic rings. The van der Waals surface area contributed by atoms with Crippen LogP contribution in [0.2, 0.25) is 0 Å². The molecule has 3 amide bonds. The van der Waals surface area contributed by atoms with Crippen LogP contribution in [0, 0.1) is 6.92 Å². The number of hydrazine groups is 1. The average Bonchev–Trinajstić information content (AvgIpc) is 3.19. The lowest BCUT2D eigenvalue weighted by atomic mass is 10.1. The van der Waals surface area contributed by atoms with Gasteiger partial charge in [-0.05, 0) is 31.9 Å². The van der Waals surface area contributed by atoms with Crippen LogP contribution in [0.25, 0.3) is 0 Å². The minimum atomic E-state index is -0.868. The van der Waals surface area contributed by atoms with Crippen LogP contribution in [-0.2, 0) is 9.59 Å². The van der Waals surface area contributed by atoms with E-state index >= 15 is 0 Å². The standard InChI is InChI=1S/C13H15N3O3/c1-8-3-2-4-9(7-8)11(17)15-16-13(19)12(18)14-10-5-6-10/h2-4,7,10H,5-6H2,1H3,(H,14,18)(H,15,17)(H,16,19). The van der Waals surface area contributed by atoms with Crippen molar-refractivity contribution < 1.29 is 14.4 Å². The van der Waals surface area contributed by atoms with E-state index < -0.39 is 17.7 Å². The Labute approximate surface area is 110 Å². The molecule has 2 rings (SSSR count). The van der Waals surface area contributed by atoms with Gasteiger partial charge in [0.15, 0.2) is 0 Å². The van der Waals surface area contributed by atoms with Crippen LogP contribution in [0.5, 0.6) is 0 Å². The first-order valence-corrected chi connectivity index (χ1v) is 6.04. The molecule has 6 heteroatoms. The molecule has 1 fully saturated rings. The number of hydrogen-bond acceptors (Lipinski definition) is 3. The molecule has 1 aliphatic carbocycles. The van der Waals surface area contributed by atoms with Gasteiger partial charge in [0.05, 0.1) is 0 Å². The Morgan fingerprint density at radius 3 is 2.47 bits per heavy atom. The number of carbonyl (C=O) groups is 3. The summed E-state index contributed by atoms with van der Waals surface area (Å²) >= 11 is 0. The molecule has 0 unspecified atom stereocenters. The van der Waals surface area contributed by atoms with Crippen molar-refractivity contribution in [1.82, 2.24) is 16.2 Å². The maximum atomic E-state index is 11.7. The summed E-state index contributed by atoms with van der Waals surface area (Å²) in [7, 11) is 0. The van der Waals surface area contributed by atoms with E-state index in [-0.39, 0.29) is 6.04 Å². The van der Waals surface area contributed by atoms with Crippen molar-refractivity contribution in [2.24, 2.45) is 0 Å². The van der Waals surface area contributed by atoms with Gasteiger partial charge >= 0.3 is 11.8 Å². The fourth-order valence-electron chi connectivity index (χ4n) is 1.51. The second-order valence-corrected chi connectivity index (χ2v) is 4.53. The van der Waals surface area contributed by atoms with E-state index in [9.17, 15) is 14.4 Å². The second-order valence-electron chi connectivity index (χ2n) is 4.53. The van der Waals surface area contributed by atoms with Crippen molar-refractivity contribution >= 4 is 17.7 Å². The molecule has 100 valence electrons. The van der Waals surface area contributed by atoms with E-state index in [1.807, 2.05) is 13.0 Å². The molecule has 19 heavy (non-hydrogen) atoms. The summed E-state index contributed by atoms with van der Waals surface area (Å²) in [6.07, 6.45) is 1.79. The first-order chi connectivity index (χ1) is 9.06. The third-order valence-electron chi connectivity index (χ3n) is 2.69. The highest BCUT2D eigenvalue weighted by molar-refractivity contribution is 6.35. The molecular formula is C13H15N3O3. The lowest BCUT2D eigenvalue weighted by Crippen LogP contribution is -2.48. The van der Waals surface area contributed by atoms with Crippen LogP contribution in [0.15, 0.2) is 24.3 Å². The normalized spacial score (nSPS) is 13.5. The third-order valence-corrected chi connectivity index (χ3v) is 2.69. The summed E-state index contributed by atoms with van der Waals surface area (Å²) in [5.74, 6) is -2.06. The van der Waals surface area contributed by atoms with Gasteiger partial charge in [0.2, 0.25) is 0 Å². The molecule has 6 nitrogen and oxygen atoms in total. The number of hydrogen-bond donors (Lipinski definition) is 3. The predicted molar refractivity (Wildman–Crippen MR) is 68.0 cm³/mol. The highest BCUT2D eigenvalue weighted by Gasteiger charge is 2.26. The Bertz CT molecular complexity index is 524. The van der Waals surface area contributed by atoms with Crippen molar-refractivity contribution in [3.05, 3.63) is 35.4 Å². The summed E-state index contributed by atoms with van der Waals surface area (Å²) in [5.41, 5.74) is 5.64. The third kappa shape index (κ3) is 3.80. The summed E-state index contributed by atoms with van der Waals surface area (Å²) in [6.45, 7) is 1.86. The maximum Gasteiger partial charge on any atom is 0.327 e. The number of nitrogens with one attached hydrogen (secondary N) is 3. The Morgan fingerprint density at radius 2 is 1.84 bits per heavy atom. The molecule has 0 aliphatic heterocycles. The number of amides is 3. The van der Waals surface area contributed by atoms with Gasteiger partial charge in [-0.3, -0.25) is 25.2 Å². The monoisotopic (exact) mass is 261 g/mol. The van der Waals surface area contributed by atoms with Crippen molar-refractivity contribution in [3.8, 4) is 0 Å². The van der Waals surface area contributed by atoms with Crippen LogP contribution >= 0.6 is 0 Å². The van der Waals surface area contributed by atoms with Crippen LogP contribution in [-0.4, -0.2) is 23.8 Å². The molecule has 0 heterocycles. The summed E-state index contributed by atoms with van der Waals surface area (Å²) < 4.78 is 0. The van der Waals surface area contributed by atoms with E-state index in [0.29, 0.717) is 5.56 Å². The van der Waals surface area contributed by atoms with E-state index in [1.165, 1.54) is 0 Å². The number of carbonyl (C=O) groups excluding carboxylic acids is 3. The molecule has 1 aromatic rings. The van der Waals surface area contributed by atoms with Crippen molar-refractivity contribution in [3.63, 3.8) is 0 Å². The molecule has 1 saturated carbocycles. The molecule has 0 saturated heterocycles. The molecular weight excluding hydrogens is 246 g/mol. The summed E-state index contributed by atoms with van der Waals surface area (Å²) in [6, 6.07) is 7.01. The molecule has 0 aromatic heterocycles. The van der Waals surface area contributed by atoms with Gasteiger partial charge in [-0.1, -0.05) is 17.7 Å². The van der Waals surface area contributed by atoms with Crippen molar-refractivity contribution in [2.45, 2.75) is 25.8 Å². The van der Waals surface area contributed by atoms with Gasteiger partial charge in [-0.25, -0.2) is 0 Å². The van der Waals surface area contributed by atoms with E-state index in [0.717, 1.165) is 18.4 Å². The van der Waals surface area contributed by atoms with E-state index in [2.05, 4.69) is 16.2 Å². The predicted octanol–water partition coefficient (Wildman–Crippen LogP) is 0.0346. The number of benzene rings is 1. The van der Waals surface area contributed by atoms with Crippen molar-refractivity contribution in [1.29, 1.82) is 0 Å². The zero-order chi connectivity index (χ0) is 13.8. The summed E-state index contributed by atoms with van der Waals surface area (Å²) in [4.78, 5) is 34.4. The number of aryl methyl sites for hydroxylation is 1. The summed E-state index contributed by atoms with van der Waals surface area (Å²) in [5, 5.41) is 2.52. The molecule has 0 atom stereocenters. The van der Waals surface area contributed by atoms with Gasteiger partial charge in [0.25, 0.3) is 5.91 Å². The molecule has 0 radical (unpaired) electrons. The molecule has 1 aromatic carbocycles. The van der Waals surface area contributed by atoms with Crippen LogP contribution in [0.4, 0.5) is 0 Å². The quantitative estimate of drug-likeness (QED) is 0.518. The minimum Gasteiger partial charge on any atom is -0.345 e. The van der Waals surface area contributed by atoms with Crippen molar-refractivity contribution in [2.75, 3.05) is 0 Å².